The number of aromatic nitrogens is 3. The van der Waals surface area contributed by atoms with Crippen LogP contribution in [0.3, 0.4) is 0 Å². The topological polar surface area (TPSA) is 38.7 Å². The minimum Gasteiger partial charge on any atom is -0.264 e. The standard InChI is InChI=1S/C51H39N3/c1-4-25-51(26-5-1)47-14-3-2-13-45(47)46-24-23-41(30-48(46)51)40-10-6-9-39(29-40)37-17-15-35(16-18-37)36-19-21-38(22-20-36)49-31-44(42-11-7-27-52-33-42)32-50(54-49)43-12-8-28-53-34-43/h2-3,6-24,27-34H,1,4-5,25-26H2. The van der Waals surface area contributed by atoms with Crippen molar-refractivity contribution in [1.82, 2.24) is 15.0 Å². The van der Waals surface area contributed by atoms with Gasteiger partial charge in [0.1, 0.15) is 0 Å². The molecular weight excluding hydrogens is 655 g/mol. The largest absolute Gasteiger partial charge is 0.264 e. The van der Waals surface area contributed by atoms with E-state index >= 15 is 0 Å². The van der Waals surface area contributed by atoms with Crippen LogP contribution < -0.4 is 0 Å². The molecule has 5 aromatic carbocycles. The third-order valence-electron chi connectivity index (χ3n) is 11.7. The van der Waals surface area contributed by atoms with E-state index in [9.17, 15) is 0 Å². The molecule has 3 nitrogen and oxygen atoms in total. The van der Waals surface area contributed by atoms with Crippen LogP contribution in [0.25, 0.3) is 78.1 Å². The summed E-state index contributed by atoms with van der Waals surface area (Å²) in [5.74, 6) is 0. The summed E-state index contributed by atoms with van der Waals surface area (Å²) >= 11 is 0. The number of rotatable bonds is 6. The zero-order chi connectivity index (χ0) is 35.9. The molecule has 8 aromatic rings. The fourth-order valence-electron chi connectivity index (χ4n) is 8.94. The first-order valence-electron chi connectivity index (χ1n) is 19.1. The molecule has 258 valence electrons. The molecular formula is C51H39N3. The van der Waals surface area contributed by atoms with Gasteiger partial charge in [-0.3, -0.25) is 9.97 Å². The summed E-state index contributed by atoms with van der Waals surface area (Å²) in [7, 11) is 0. The van der Waals surface area contributed by atoms with Gasteiger partial charge in [-0.25, -0.2) is 4.98 Å². The number of hydrogen-bond donors (Lipinski definition) is 0. The number of fused-ring (bicyclic) bond motifs is 5. The van der Waals surface area contributed by atoms with Gasteiger partial charge in [0.15, 0.2) is 0 Å². The van der Waals surface area contributed by atoms with Crippen molar-refractivity contribution in [3.05, 3.63) is 188 Å². The van der Waals surface area contributed by atoms with Crippen molar-refractivity contribution in [2.24, 2.45) is 0 Å². The third kappa shape index (κ3) is 5.74. The highest BCUT2D eigenvalue weighted by Crippen LogP contribution is 2.56. The predicted molar refractivity (Wildman–Crippen MR) is 222 cm³/mol. The summed E-state index contributed by atoms with van der Waals surface area (Å²) in [4.78, 5) is 13.8. The van der Waals surface area contributed by atoms with E-state index in [1.54, 1.807) is 18.0 Å². The second kappa shape index (κ2) is 13.5. The van der Waals surface area contributed by atoms with E-state index in [4.69, 9.17) is 4.98 Å². The average molecular weight is 694 g/mol. The maximum Gasteiger partial charge on any atom is 0.0731 e. The van der Waals surface area contributed by atoms with Crippen molar-refractivity contribution in [2.75, 3.05) is 0 Å². The maximum absolute atomic E-state index is 5.06. The molecule has 2 aliphatic rings. The van der Waals surface area contributed by atoms with Crippen molar-refractivity contribution in [1.29, 1.82) is 0 Å². The van der Waals surface area contributed by atoms with Gasteiger partial charge in [-0.1, -0.05) is 128 Å². The van der Waals surface area contributed by atoms with Gasteiger partial charge < -0.3 is 0 Å². The zero-order valence-corrected chi connectivity index (χ0v) is 30.1. The minimum absolute atomic E-state index is 0.162. The number of hydrogen-bond acceptors (Lipinski definition) is 3. The first-order chi connectivity index (χ1) is 26.7. The Bertz CT molecular complexity index is 2550. The molecule has 0 atom stereocenters. The molecule has 1 fully saturated rings. The monoisotopic (exact) mass is 693 g/mol. The van der Waals surface area contributed by atoms with Gasteiger partial charge in [-0.05, 0) is 117 Å². The second-order valence-electron chi connectivity index (χ2n) is 14.8. The molecule has 0 N–H and O–H groups in total. The van der Waals surface area contributed by atoms with Crippen LogP contribution in [0, 0.1) is 0 Å². The highest BCUT2D eigenvalue weighted by atomic mass is 14.7. The number of benzene rings is 5. The molecule has 0 saturated heterocycles. The van der Waals surface area contributed by atoms with Crippen molar-refractivity contribution >= 4 is 0 Å². The Kier molecular flexibility index (Phi) is 8.06. The normalized spacial score (nSPS) is 14.1. The molecule has 3 aromatic heterocycles. The lowest BCUT2D eigenvalue weighted by Crippen LogP contribution is -2.28. The molecule has 0 amide bonds. The van der Waals surface area contributed by atoms with Gasteiger partial charge in [0, 0.05) is 46.9 Å². The van der Waals surface area contributed by atoms with Gasteiger partial charge in [0.2, 0.25) is 0 Å². The van der Waals surface area contributed by atoms with Crippen LogP contribution in [-0.4, -0.2) is 15.0 Å². The summed E-state index contributed by atoms with van der Waals surface area (Å²) < 4.78 is 0. The number of pyridine rings is 3. The van der Waals surface area contributed by atoms with Crippen LogP contribution in [-0.2, 0) is 5.41 Å². The summed E-state index contributed by atoms with van der Waals surface area (Å²) in [6.07, 6.45) is 13.8. The molecule has 1 saturated carbocycles. The van der Waals surface area contributed by atoms with Gasteiger partial charge >= 0.3 is 0 Å². The third-order valence-corrected chi connectivity index (χ3v) is 11.7. The van der Waals surface area contributed by atoms with Gasteiger partial charge in [-0.15, -0.1) is 0 Å². The van der Waals surface area contributed by atoms with Gasteiger partial charge in [0.25, 0.3) is 0 Å². The van der Waals surface area contributed by atoms with Crippen molar-refractivity contribution in [3.63, 3.8) is 0 Å². The van der Waals surface area contributed by atoms with E-state index in [0.717, 1.165) is 33.6 Å². The van der Waals surface area contributed by atoms with Crippen LogP contribution in [0.2, 0.25) is 0 Å². The molecule has 0 unspecified atom stereocenters. The summed E-state index contributed by atoms with van der Waals surface area (Å²) in [6, 6.07) is 55.4. The van der Waals surface area contributed by atoms with E-state index in [1.165, 1.54) is 82.2 Å². The molecule has 3 heterocycles. The lowest BCUT2D eigenvalue weighted by atomic mass is 9.67. The molecule has 1 spiro atoms. The van der Waals surface area contributed by atoms with Crippen LogP contribution in [0.1, 0.15) is 43.2 Å². The highest BCUT2D eigenvalue weighted by molar-refractivity contribution is 5.85. The molecule has 3 heteroatoms. The highest BCUT2D eigenvalue weighted by Gasteiger charge is 2.43. The van der Waals surface area contributed by atoms with Crippen LogP contribution in [0.4, 0.5) is 0 Å². The zero-order valence-electron chi connectivity index (χ0n) is 30.1. The fraction of sp³-hybridized carbons (Fsp3) is 0.118. The Morgan fingerprint density at radius 3 is 1.57 bits per heavy atom. The Morgan fingerprint density at radius 1 is 0.352 bits per heavy atom. The van der Waals surface area contributed by atoms with Gasteiger partial charge in [0.05, 0.1) is 11.4 Å². The van der Waals surface area contributed by atoms with Crippen molar-refractivity contribution in [3.8, 4) is 78.1 Å². The Labute approximate surface area is 317 Å². The summed E-state index contributed by atoms with van der Waals surface area (Å²) in [5, 5.41) is 0. The smallest absolute Gasteiger partial charge is 0.0731 e. The second-order valence-corrected chi connectivity index (χ2v) is 14.8. The molecule has 0 radical (unpaired) electrons. The first kappa shape index (κ1) is 32.2. The van der Waals surface area contributed by atoms with E-state index in [1.807, 2.05) is 30.6 Å². The first-order valence-corrected chi connectivity index (χ1v) is 19.1. The fourth-order valence-corrected chi connectivity index (χ4v) is 8.94. The number of nitrogens with zero attached hydrogens (tertiary/aromatic N) is 3. The van der Waals surface area contributed by atoms with E-state index in [0.29, 0.717) is 0 Å². The molecule has 0 aliphatic heterocycles. The lowest BCUT2D eigenvalue weighted by Gasteiger charge is -2.36. The Morgan fingerprint density at radius 2 is 0.889 bits per heavy atom. The quantitative estimate of drug-likeness (QED) is 0.174. The summed E-state index contributed by atoms with van der Waals surface area (Å²) in [6.45, 7) is 0. The average Bonchev–Trinajstić information content (AvgIpc) is 3.52. The van der Waals surface area contributed by atoms with Crippen LogP contribution >= 0.6 is 0 Å². The molecule has 0 bridgehead atoms. The molecule has 54 heavy (non-hydrogen) atoms. The maximum atomic E-state index is 5.06. The van der Waals surface area contributed by atoms with Crippen molar-refractivity contribution < 1.29 is 0 Å². The van der Waals surface area contributed by atoms with Crippen LogP contribution in [0.15, 0.2) is 176 Å². The van der Waals surface area contributed by atoms with E-state index in [-0.39, 0.29) is 5.41 Å². The SMILES string of the molecule is c1cncc(-c2cc(-c3ccc(-c4ccc(-c5cccc(-c6ccc7c(c6)C6(CCCCC6)c6ccccc6-7)c5)cc4)cc3)nc(-c3cccnc3)c2)c1. The van der Waals surface area contributed by atoms with Crippen molar-refractivity contribution in [2.45, 2.75) is 37.5 Å². The van der Waals surface area contributed by atoms with Gasteiger partial charge in [-0.2, -0.15) is 0 Å². The molecule has 10 rings (SSSR count). The molecule has 2 aliphatic carbocycles. The minimum atomic E-state index is 0.162. The Hall–Kier alpha value is -6.45. The van der Waals surface area contributed by atoms with E-state index in [2.05, 4.69) is 143 Å². The predicted octanol–water partition coefficient (Wildman–Crippen LogP) is 13.1. The Balaban J connectivity index is 0.923. The lowest BCUT2D eigenvalue weighted by molar-refractivity contribution is 0.353. The summed E-state index contributed by atoms with van der Waals surface area (Å²) in [5.41, 5.74) is 19.5. The van der Waals surface area contributed by atoms with Crippen LogP contribution in [0.5, 0.6) is 0 Å². The van der Waals surface area contributed by atoms with E-state index < -0.39 is 0 Å².